The number of carbonyl (C=O) groups excluding carboxylic acids is 1. The summed E-state index contributed by atoms with van der Waals surface area (Å²) in [6.07, 6.45) is -0.0450. The summed E-state index contributed by atoms with van der Waals surface area (Å²) < 4.78 is 57.1. The van der Waals surface area contributed by atoms with Crippen molar-refractivity contribution in [2.24, 2.45) is 0 Å². The van der Waals surface area contributed by atoms with Gasteiger partial charge in [-0.05, 0) is 44.2 Å². The SMILES string of the molecule is Cc1ccc(S(=O)(=O)N2CCC(=O)c3c(n(S(=O)(=O)c4ccc(C)cc4)c4ccccc34)C2)cc1. The molecule has 0 unspecified atom stereocenters. The smallest absolute Gasteiger partial charge is 0.268 e. The Morgan fingerprint density at radius 1 is 0.714 bits per heavy atom. The Balaban J connectivity index is 1.74. The van der Waals surface area contributed by atoms with Crippen molar-refractivity contribution in [3.05, 3.63) is 95.2 Å². The van der Waals surface area contributed by atoms with Crippen LogP contribution in [0.2, 0.25) is 0 Å². The minimum Gasteiger partial charge on any atom is -0.294 e. The quantitative estimate of drug-likeness (QED) is 0.410. The van der Waals surface area contributed by atoms with E-state index in [1.165, 1.54) is 28.6 Å². The molecule has 1 aliphatic rings. The van der Waals surface area contributed by atoms with Crippen molar-refractivity contribution in [1.82, 2.24) is 8.28 Å². The van der Waals surface area contributed by atoms with Crippen LogP contribution in [0.25, 0.3) is 10.9 Å². The summed E-state index contributed by atoms with van der Waals surface area (Å²) in [5.74, 6) is -0.282. The third-order valence-electron chi connectivity index (χ3n) is 6.34. The number of rotatable bonds is 4. The van der Waals surface area contributed by atoms with Gasteiger partial charge in [-0.1, -0.05) is 53.6 Å². The van der Waals surface area contributed by atoms with Crippen molar-refractivity contribution in [1.29, 1.82) is 0 Å². The zero-order valence-electron chi connectivity index (χ0n) is 19.3. The van der Waals surface area contributed by atoms with Gasteiger partial charge in [-0.3, -0.25) is 4.79 Å². The fourth-order valence-corrected chi connectivity index (χ4v) is 7.42. The highest BCUT2D eigenvalue weighted by atomic mass is 32.2. The maximum absolute atomic E-state index is 13.9. The average molecular weight is 509 g/mol. The number of aromatic nitrogens is 1. The van der Waals surface area contributed by atoms with Gasteiger partial charge in [0, 0.05) is 23.9 Å². The lowest BCUT2D eigenvalue weighted by Crippen LogP contribution is -2.32. The molecule has 0 aliphatic carbocycles. The first kappa shape index (κ1) is 23.5. The van der Waals surface area contributed by atoms with Crippen molar-refractivity contribution in [2.75, 3.05) is 6.54 Å². The first-order chi connectivity index (χ1) is 16.6. The molecule has 7 nitrogen and oxygen atoms in total. The molecule has 2 heterocycles. The van der Waals surface area contributed by atoms with Crippen LogP contribution in [0.15, 0.2) is 82.6 Å². The number of para-hydroxylation sites is 1. The Morgan fingerprint density at radius 2 is 1.26 bits per heavy atom. The van der Waals surface area contributed by atoms with E-state index < -0.39 is 20.0 Å². The highest BCUT2D eigenvalue weighted by Gasteiger charge is 2.36. The summed E-state index contributed by atoms with van der Waals surface area (Å²) in [5, 5.41) is 0.498. The monoisotopic (exact) mass is 508 g/mol. The van der Waals surface area contributed by atoms with Crippen LogP contribution in [-0.2, 0) is 26.6 Å². The summed E-state index contributed by atoms with van der Waals surface area (Å²) in [6, 6.07) is 19.7. The molecule has 3 aromatic carbocycles. The van der Waals surface area contributed by atoms with Gasteiger partial charge in [0.25, 0.3) is 10.0 Å². The van der Waals surface area contributed by atoms with Gasteiger partial charge in [0.1, 0.15) is 0 Å². The van der Waals surface area contributed by atoms with Crippen molar-refractivity contribution < 1.29 is 21.6 Å². The maximum Gasteiger partial charge on any atom is 0.268 e. The number of carbonyl (C=O) groups is 1. The van der Waals surface area contributed by atoms with E-state index in [-0.39, 0.29) is 46.3 Å². The number of nitrogens with zero attached hydrogens (tertiary/aromatic N) is 2. The van der Waals surface area contributed by atoms with Gasteiger partial charge < -0.3 is 0 Å². The van der Waals surface area contributed by atoms with Gasteiger partial charge >= 0.3 is 0 Å². The Kier molecular flexibility index (Phi) is 5.66. The van der Waals surface area contributed by atoms with Gasteiger partial charge in [-0.15, -0.1) is 0 Å². The molecule has 0 saturated carbocycles. The van der Waals surface area contributed by atoms with E-state index in [0.29, 0.717) is 10.9 Å². The van der Waals surface area contributed by atoms with Crippen molar-refractivity contribution in [3.8, 4) is 0 Å². The van der Waals surface area contributed by atoms with Crippen LogP contribution in [-0.4, -0.2) is 37.4 Å². The largest absolute Gasteiger partial charge is 0.294 e. The Labute approximate surface area is 204 Å². The molecule has 5 rings (SSSR count). The second-order valence-corrected chi connectivity index (χ2v) is 12.5. The number of sulfonamides is 1. The minimum atomic E-state index is -4.12. The highest BCUT2D eigenvalue weighted by molar-refractivity contribution is 7.90. The molecule has 0 N–H and O–H groups in total. The van der Waals surface area contributed by atoms with Gasteiger partial charge in [0.15, 0.2) is 5.78 Å². The maximum atomic E-state index is 13.9. The molecule has 0 bridgehead atoms. The Hall–Kier alpha value is -3.27. The number of ketones is 1. The average Bonchev–Trinajstić information content (AvgIpc) is 3.06. The van der Waals surface area contributed by atoms with E-state index >= 15 is 0 Å². The molecule has 9 heteroatoms. The number of aryl methyl sites for hydroxylation is 2. The molecule has 0 fully saturated rings. The summed E-state index contributed by atoms with van der Waals surface area (Å²) in [7, 11) is -8.08. The number of fused-ring (bicyclic) bond motifs is 3. The van der Waals surface area contributed by atoms with E-state index in [0.717, 1.165) is 15.1 Å². The predicted molar refractivity (Wildman–Crippen MR) is 133 cm³/mol. The molecule has 0 radical (unpaired) electrons. The van der Waals surface area contributed by atoms with E-state index in [9.17, 15) is 21.6 Å². The zero-order chi connectivity index (χ0) is 25.0. The van der Waals surface area contributed by atoms with E-state index in [4.69, 9.17) is 0 Å². The number of benzene rings is 3. The summed E-state index contributed by atoms with van der Waals surface area (Å²) in [6.45, 7) is 3.45. The number of Topliss-reactive ketones (excluding diaryl/α,β-unsaturated/α-hetero) is 1. The molecule has 1 aliphatic heterocycles. The van der Waals surface area contributed by atoms with Crippen molar-refractivity contribution in [3.63, 3.8) is 0 Å². The standard InChI is InChI=1S/C26H24N2O5S2/c1-18-7-11-20(12-8-18)34(30,31)27-16-15-25(29)26-22-5-3-4-6-23(22)28(24(26)17-27)35(32,33)21-13-9-19(2)10-14-21/h3-14H,15-17H2,1-2H3. The van der Waals surface area contributed by atoms with Crippen LogP contribution in [0.3, 0.4) is 0 Å². The molecule has 0 amide bonds. The van der Waals surface area contributed by atoms with Gasteiger partial charge in [-0.2, -0.15) is 4.31 Å². The molecule has 1 aromatic heterocycles. The van der Waals surface area contributed by atoms with Crippen LogP contribution in [0.1, 0.15) is 33.6 Å². The van der Waals surface area contributed by atoms with E-state index in [1.807, 2.05) is 13.8 Å². The molecular formula is C26H24N2O5S2. The lowest BCUT2D eigenvalue weighted by atomic mass is 10.1. The zero-order valence-corrected chi connectivity index (χ0v) is 20.9. The van der Waals surface area contributed by atoms with Crippen LogP contribution >= 0.6 is 0 Å². The first-order valence-electron chi connectivity index (χ1n) is 11.2. The van der Waals surface area contributed by atoms with Crippen molar-refractivity contribution in [2.45, 2.75) is 36.6 Å². The third-order valence-corrected chi connectivity index (χ3v) is 9.96. The topological polar surface area (TPSA) is 93.5 Å². The third kappa shape index (κ3) is 3.89. The molecule has 180 valence electrons. The van der Waals surface area contributed by atoms with Gasteiger partial charge in [0.05, 0.1) is 27.5 Å². The summed E-state index contributed by atoms with van der Waals surface area (Å²) in [5.41, 5.74) is 2.59. The summed E-state index contributed by atoms with van der Waals surface area (Å²) >= 11 is 0. The van der Waals surface area contributed by atoms with Crippen LogP contribution < -0.4 is 0 Å². The first-order valence-corrected chi connectivity index (χ1v) is 14.0. The Bertz CT molecular complexity index is 1670. The van der Waals surface area contributed by atoms with Gasteiger partial charge in [0.2, 0.25) is 10.0 Å². The second-order valence-electron chi connectivity index (χ2n) is 8.75. The predicted octanol–water partition coefficient (Wildman–Crippen LogP) is 4.27. The number of hydrogen-bond acceptors (Lipinski definition) is 5. The lowest BCUT2D eigenvalue weighted by Gasteiger charge is -2.21. The molecule has 35 heavy (non-hydrogen) atoms. The fraction of sp³-hybridized carbons (Fsp3) is 0.192. The molecule has 0 atom stereocenters. The van der Waals surface area contributed by atoms with Crippen LogP contribution in [0.5, 0.6) is 0 Å². The Morgan fingerprint density at radius 3 is 1.86 bits per heavy atom. The lowest BCUT2D eigenvalue weighted by molar-refractivity contribution is 0.0983. The van der Waals surface area contributed by atoms with Crippen LogP contribution in [0, 0.1) is 13.8 Å². The van der Waals surface area contributed by atoms with Gasteiger partial charge in [-0.25, -0.2) is 20.8 Å². The summed E-state index contributed by atoms with van der Waals surface area (Å²) in [4.78, 5) is 13.4. The second kappa shape index (κ2) is 8.44. The van der Waals surface area contributed by atoms with E-state index in [1.54, 1.807) is 48.5 Å². The normalized spacial score (nSPS) is 15.2. The fourth-order valence-electron chi connectivity index (χ4n) is 4.47. The van der Waals surface area contributed by atoms with Crippen molar-refractivity contribution >= 4 is 36.7 Å². The molecule has 4 aromatic rings. The number of hydrogen-bond donors (Lipinski definition) is 0. The highest BCUT2D eigenvalue weighted by Crippen LogP contribution is 2.35. The van der Waals surface area contributed by atoms with Crippen LogP contribution in [0.4, 0.5) is 0 Å². The molecule has 0 spiro atoms. The molecular weight excluding hydrogens is 484 g/mol. The minimum absolute atomic E-state index is 0.0391. The molecule has 0 saturated heterocycles. The van der Waals surface area contributed by atoms with E-state index in [2.05, 4.69) is 0 Å².